The Bertz CT molecular complexity index is 1150. The monoisotopic (exact) mass is 348 g/mol. The van der Waals surface area contributed by atoms with Gasteiger partial charge in [0.25, 0.3) is 5.91 Å². The summed E-state index contributed by atoms with van der Waals surface area (Å²) in [4.78, 5) is 21.0. The van der Waals surface area contributed by atoms with E-state index in [0.29, 0.717) is 18.7 Å². The summed E-state index contributed by atoms with van der Waals surface area (Å²) in [5, 5.41) is 15.9. The molecule has 0 bridgehead atoms. The standard InChI is InChI=1S/C20H20N4O2/c1-3-24(4-2)20(25)19(23-26)15-11-21-17-14(15)10-9-13-12-7-5-6-8-16(12)22-18(13)17/h5-11,21-22,26H,3-4H2,1-2H3/b23-19-. The SMILES string of the molecule is CCN(CC)C(=O)/C(=N\O)c1c[nH]c2c1ccc1c3ccccc3[nH]c12. The normalized spacial score (nSPS) is 12.3. The molecule has 4 rings (SSSR count). The fourth-order valence-corrected chi connectivity index (χ4v) is 3.58. The van der Waals surface area contributed by atoms with Crippen molar-refractivity contribution in [1.29, 1.82) is 0 Å². The van der Waals surface area contributed by atoms with Gasteiger partial charge in [-0.1, -0.05) is 35.5 Å². The van der Waals surface area contributed by atoms with E-state index >= 15 is 0 Å². The highest BCUT2D eigenvalue weighted by Crippen LogP contribution is 2.32. The number of aromatic nitrogens is 2. The maximum absolute atomic E-state index is 12.7. The number of carbonyl (C=O) groups excluding carboxylic acids is 1. The molecule has 2 aromatic heterocycles. The van der Waals surface area contributed by atoms with Gasteiger partial charge in [0.15, 0.2) is 5.71 Å². The van der Waals surface area contributed by atoms with Crippen molar-refractivity contribution >= 4 is 44.3 Å². The minimum atomic E-state index is -0.282. The summed E-state index contributed by atoms with van der Waals surface area (Å²) < 4.78 is 0. The van der Waals surface area contributed by atoms with E-state index in [1.165, 1.54) is 0 Å². The molecule has 0 unspecified atom stereocenters. The Morgan fingerprint density at radius 1 is 1.04 bits per heavy atom. The van der Waals surface area contributed by atoms with Gasteiger partial charge in [-0.25, -0.2) is 0 Å². The maximum atomic E-state index is 12.7. The van der Waals surface area contributed by atoms with Gasteiger partial charge in [-0.2, -0.15) is 0 Å². The van der Waals surface area contributed by atoms with Crippen LogP contribution in [0.15, 0.2) is 47.8 Å². The molecule has 0 spiro atoms. The number of fused-ring (bicyclic) bond motifs is 5. The van der Waals surface area contributed by atoms with Crippen LogP contribution in [0.1, 0.15) is 19.4 Å². The van der Waals surface area contributed by atoms with Crippen molar-refractivity contribution in [2.45, 2.75) is 13.8 Å². The molecule has 0 atom stereocenters. The molecule has 0 aliphatic carbocycles. The van der Waals surface area contributed by atoms with Crippen molar-refractivity contribution in [3.8, 4) is 0 Å². The van der Waals surface area contributed by atoms with Gasteiger partial charge in [0.2, 0.25) is 0 Å². The zero-order valence-corrected chi connectivity index (χ0v) is 14.7. The van der Waals surface area contributed by atoms with Gasteiger partial charge in [-0.15, -0.1) is 0 Å². The second-order valence-electron chi connectivity index (χ2n) is 6.21. The molecule has 26 heavy (non-hydrogen) atoms. The average Bonchev–Trinajstić information content (AvgIpc) is 3.25. The van der Waals surface area contributed by atoms with Gasteiger partial charge in [0, 0.05) is 46.5 Å². The zero-order valence-electron chi connectivity index (χ0n) is 14.7. The van der Waals surface area contributed by atoms with Crippen molar-refractivity contribution < 1.29 is 10.0 Å². The first-order valence-corrected chi connectivity index (χ1v) is 8.71. The number of benzene rings is 2. The Labute approximate surface area is 150 Å². The maximum Gasteiger partial charge on any atom is 0.276 e. The molecule has 0 saturated carbocycles. The fraction of sp³-hybridized carbons (Fsp3) is 0.200. The van der Waals surface area contributed by atoms with E-state index in [0.717, 1.165) is 32.7 Å². The Morgan fingerprint density at radius 2 is 1.77 bits per heavy atom. The molecule has 6 heteroatoms. The lowest BCUT2D eigenvalue weighted by atomic mass is 10.1. The molecule has 132 valence electrons. The van der Waals surface area contributed by atoms with Gasteiger partial charge in [0.05, 0.1) is 11.0 Å². The topological polar surface area (TPSA) is 84.5 Å². The van der Waals surface area contributed by atoms with Crippen LogP contribution in [-0.2, 0) is 4.79 Å². The van der Waals surface area contributed by atoms with E-state index in [9.17, 15) is 10.0 Å². The minimum absolute atomic E-state index is 0.0513. The summed E-state index contributed by atoms with van der Waals surface area (Å²) in [7, 11) is 0. The highest BCUT2D eigenvalue weighted by atomic mass is 16.4. The molecule has 2 heterocycles. The Hall–Kier alpha value is -3.28. The number of hydrogen-bond donors (Lipinski definition) is 3. The van der Waals surface area contributed by atoms with Crippen LogP contribution in [0.25, 0.3) is 32.7 Å². The first-order valence-electron chi connectivity index (χ1n) is 8.71. The average molecular weight is 348 g/mol. The largest absolute Gasteiger partial charge is 0.410 e. The molecular formula is C20H20N4O2. The van der Waals surface area contributed by atoms with E-state index < -0.39 is 0 Å². The summed E-state index contributed by atoms with van der Waals surface area (Å²) >= 11 is 0. The number of nitrogens with one attached hydrogen (secondary N) is 2. The van der Waals surface area contributed by atoms with Crippen LogP contribution in [0.3, 0.4) is 0 Å². The number of oxime groups is 1. The smallest absolute Gasteiger partial charge is 0.276 e. The lowest BCUT2D eigenvalue weighted by molar-refractivity contribution is -0.123. The molecule has 0 radical (unpaired) electrons. The highest BCUT2D eigenvalue weighted by Gasteiger charge is 2.23. The van der Waals surface area contributed by atoms with E-state index in [1.54, 1.807) is 11.1 Å². The number of para-hydroxylation sites is 1. The predicted octanol–water partition coefficient (Wildman–Crippen LogP) is 3.85. The number of amides is 1. The zero-order chi connectivity index (χ0) is 18.3. The number of nitrogens with zero attached hydrogens (tertiary/aromatic N) is 2. The van der Waals surface area contributed by atoms with Crippen LogP contribution in [0, 0.1) is 0 Å². The van der Waals surface area contributed by atoms with Crippen LogP contribution in [0.2, 0.25) is 0 Å². The number of carbonyl (C=O) groups is 1. The molecule has 0 aliphatic heterocycles. The van der Waals surface area contributed by atoms with Crippen molar-refractivity contribution in [3.63, 3.8) is 0 Å². The number of H-pyrrole nitrogens is 2. The molecule has 0 saturated heterocycles. The van der Waals surface area contributed by atoms with Crippen LogP contribution < -0.4 is 0 Å². The third-order valence-corrected chi connectivity index (χ3v) is 4.94. The third kappa shape index (κ3) is 2.26. The summed E-state index contributed by atoms with van der Waals surface area (Å²) in [5.74, 6) is -0.282. The van der Waals surface area contributed by atoms with Crippen LogP contribution in [0.5, 0.6) is 0 Å². The summed E-state index contributed by atoms with van der Waals surface area (Å²) in [6, 6.07) is 12.1. The third-order valence-electron chi connectivity index (χ3n) is 4.94. The minimum Gasteiger partial charge on any atom is -0.410 e. The van der Waals surface area contributed by atoms with Crippen molar-refractivity contribution in [2.24, 2.45) is 5.16 Å². The van der Waals surface area contributed by atoms with Crippen LogP contribution >= 0.6 is 0 Å². The summed E-state index contributed by atoms with van der Waals surface area (Å²) in [6.07, 6.45) is 1.73. The first kappa shape index (κ1) is 16.2. The second kappa shape index (κ2) is 6.22. The van der Waals surface area contributed by atoms with Gasteiger partial charge >= 0.3 is 0 Å². The van der Waals surface area contributed by atoms with E-state index in [2.05, 4.69) is 21.2 Å². The van der Waals surface area contributed by atoms with E-state index in [4.69, 9.17) is 0 Å². The van der Waals surface area contributed by atoms with Gasteiger partial charge < -0.3 is 20.1 Å². The molecule has 0 fully saturated rings. The van der Waals surface area contributed by atoms with E-state index in [-0.39, 0.29) is 11.6 Å². The quantitative estimate of drug-likeness (QED) is 0.297. The molecule has 1 amide bonds. The predicted molar refractivity (Wildman–Crippen MR) is 104 cm³/mol. The molecule has 6 nitrogen and oxygen atoms in total. The molecule has 3 N–H and O–H groups in total. The molecule has 2 aromatic carbocycles. The van der Waals surface area contributed by atoms with Crippen molar-refractivity contribution in [1.82, 2.24) is 14.9 Å². The number of rotatable bonds is 4. The number of hydrogen-bond acceptors (Lipinski definition) is 3. The van der Waals surface area contributed by atoms with Gasteiger partial charge in [-0.3, -0.25) is 4.79 Å². The fourth-order valence-electron chi connectivity index (χ4n) is 3.58. The number of aromatic amines is 2. The van der Waals surface area contributed by atoms with Crippen molar-refractivity contribution in [2.75, 3.05) is 13.1 Å². The number of likely N-dealkylation sites (N-methyl/N-ethyl adjacent to an activating group) is 1. The first-order chi connectivity index (χ1) is 12.7. The van der Waals surface area contributed by atoms with Gasteiger partial charge in [-0.05, 0) is 19.9 Å². The summed E-state index contributed by atoms with van der Waals surface area (Å²) in [6.45, 7) is 4.92. The van der Waals surface area contributed by atoms with Gasteiger partial charge in [0.1, 0.15) is 0 Å². The van der Waals surface area contributed by atoms with Crippen LogP contribution in [-0.4, -0.2) is 44.8 Å². The Balaban J connectivity index is 1.92. The molecule has 4 aromatic rings. The lowest BCUT2D eigenvalue weighted by Gasteiger charge is -2.18. The van der Waals surface area contributed by atoms with Crippen LogP contribution in [0.4, 0.5) is 0 Å². The molecule has 0 aliphatic rings. The van der Waals surface area contributed by atoms with E-state index in [1.807, 2.05) is 44.2 Å². The molecular weight excluding hydrogens is 328 g/mol. The van der Waals surface area contributed by atoms with Crippen molar-refractivity contribution in [3.05, 3.63) is 48.2 Å². The highest BCUT2D eigenvalue weighted by molar-refractivity contribution is 6.47. The Kier molecular flexibility index (Phi) is 3.88. The second-order valence-corrected chi connectivity index (χ2v) is 6.21. The lowest BCUT2D eigenvalue weighted by Crippen LogP contribution is -2.36. The summed E-state index contributed by atoms with van der Waals surface area (Å²) in [5.41, 5.74) is 3.57. The Morgan fingerprint density at radius 3 is 2.50 bits per heavy atom.